The van der Waals surface area contributed by atoms with Gasteiger partial charge in [-0.25, -0.2) is 0 Å². The third-order valence-corrected chi connectivity index (χ3v) is 4.48. The summed E-state index contributed by atoms with van der Waals surface area (Å²) in [5, 5.41) is 1.57. The Morgan fingerprint density at radius 2 is 1.46 bits per heavy atom. The first kappa shape index (κ1) is 15.1. The molecule has 24 heavy (non-hydrogen) atoms. The average Bonchev–Trinajstić information content (AvgIpc) is 3.11. The van der Waals surface area contributed by atoms with Crippen LogP contribution in [0.5, 0.6) is 0 Å². The van der Waals surface area contributed by atoms with Crippen LogP contribution in [0.4, 0.5) is 13.2 Å². The lowest BCUT2D eigenvalue weighted by Crippen LogP contribution is -2.21. The average molecular weight is 349 g/mol. The topological polar surface area (TPSA) is 31.6 Å². The minimum Gasteiger partial charge on any atom is -0.361 e. The van der Waals surface area contributed by atoms with Crippen LogP contribution in [0, 0.1) is 0 Å². The van der Waals surface area contributed by atoms with Crippen LogP contribution in [0.25, 0.3) is 21.8 Å². The van der Waals surface area contributed by atoms with Gasteiger partial charge in [-0.15, -0.1) is 0 Å². The predicted octanol–water partition coefficient (Wildman–Crippen LogP) is 6.00. The van der Waals surface area contributed by atoms with Crippen molar-refractivity contribution in [2.45, 2.75) is 12.1 Å². The molecule has 0 spiro atoms. The molecule has 2 nitrogen and oxygen atoms in total. The summed E-state index contributed by atoms with van der Waals surface area (Å²) < 4.78 is 41.8. The van der Waals surface area contributed by atoms with Gasteiger partial charge in [-0.05, 0) is 29.3 Å². The number of hydrogen-bond donors (Lipinski definition) is 2. The molecule has 2 heterocycles. The van der Waals surface area contributed by atoms with Crippen molar-refractivity contribution in [2.24, 2.45) is 0 Å². The van der Waals surface area contributed by atoms with Crippen LogP contribution in [-0.4, -0.2) is 16.1 Å². The Bertz CT molecular complexity index is 1030. The predicted molar refractivity (Wildman–Crippen MR) is 89.5 cm³/mol. The number of para-hydroxylation sites is 1. The Kier molecular flexibility index (Phi) is 3.35. The molecule has 0 amide bonds. The molecule has 0 bridgehead atoms. The number of aromatic amines is 2. The van der Waals surface area contributed by atoms with E-state index >= 15 is 0 Å². The maximum Gasteiger partial charge on any atom is 0.399 e. The van der Waals surface area contributed by atoms with E-state index in [0.29, 0.717) is 26.8 Å². The van der Waals surface area contributed by atoms with Crippen LogP contribution in [0.3, 0.4) is 0 Å². The Morgan fingerprint density at radius 1 is 0.833 bits per heavy atom. The van der Waals surface area contributed by atoms with Crippen LogP contribution in [0.15, 0.2) is 54.9 Å². The Hall–Kier alpha value is -2.40. The second kappa shape index (κ2) is 5.31. The van der Waals surface area contributed by atoms with Crippen molar-refractivity contribution >= 4 is 33.4 Å². The number of halogens is 4. The molecule has 0 aliphatic carbocycles. The van der Waals surface area contributed by atoms with E-state index < -0.39 is 12.1 Å². The van der Waals surface area contributed by atoms with E-state index in [1.807, 2.05) is 0 Å². The molecule has 0 saturated carbocycles. The zero-order chi connectivity index (χ0) is 16.9. The van der Waals surface area contributed by atoms with Crippen molar-refractivity contribution < 1.29 is 13.2 Å². The first-order valence-electron chi connectivity index (χ1n) is 7.34. The van der Waals surface area contributed by atoms with E-state index in [2.05, 4.69) is 9.97 Å². The Labute approximate surface area is 140 Å². The fourth-order valence-corrected chi connectivity index (χ4v) is 3.38. The quantitative estimate of drug-likeness (QED) is 0.445. The number of aromatic nitrogens is 2. The fourth-order valence-electron chi connectivity index (χ4n) is 3.21. The van der Waals surface area contributed by atoms with E-state index in [0.717, 1.165) is 0 Å². The van der Waals surface area contributed by atoms with Gasteiger partial charge in [0.2, 0.25) is 0 Å². The number of nitrogens with one attached hydrogen (secondary N) is 2. The van der Waals surface area contributed by atoms with Gasteiger partial charge in [-0.2, -0.15) is 13.2 Å². The van der Waals surface area contributed by atoms with E-state index in [9.17, 15) is 13.2 Å². The van der Waals surface area contributed by atoms with Crippen molar-refractivity contribution in [3.05, 3.63) is 71.0 Å². The molecule has 2 aromatic heterocycles. The van der Waals surface area contributed by atoms with Crippen LogP contribution in [0.1, 0.15) is 17.0 Å². The summed E-state index contributed by atoms with van der Waals surface area (Å²) in [6.45, 7) is 0. The monoisotopic (exact) mass is 348 g/mol. The van der Waals surface area contributed by atoms with Crippen molar-refractivity contribution in [2.75, 3.05) is 0 Å². The molecular weight excluding hydrogens is 337 g/mol. The highest BCUT2D eigenvalue weighted by Gasteiger charge is 2.44. The maximum absolute atomic E-state index is 13.9. The number of rotatable bonds is 2. The third kappa shape index (κ3) is 2.36. The highest BCUT2D eigenvalue weighted by molar-refractivity contribution is 6.31. The molecule has 1 unspecified atom stereocenters. The van der Waals surface area contributed by atoms with E-state index in [1.54, 1.807) is 42.5 Å². The lowest BCUT2D eigenvalue weighted by Gasteiger charge is -2.20. The van der Waals surface area contributed by atoms with Gasteiger partial charge in [0, 0.05) is 39.2 Å². The van der Waals surface area contributed by atoms with Crippen molar-refractivity contribution in [1.82, 2.24) is 9.97 Å². The molecule has 2 N–H and O–H groups in total. The van der Waals surface area contributed by atoms with Gasteiger partial charge in [-0.1, -0.05) is 35.9 Å². The first-order valence-corrected chi connectivity index (χ1v) is 7.72. The second-order valence-corrected chi connectivity index (χ2v) is 6.13. The fraction of sp³-hybridized carbons (Fsp3) is 0.111. The summed E-state index contributed by atoms with van der Waals surface area (Å²) >= 11 is 5.93. The number of benzene rings is 2. The molecule has 0 saturated heterocycles. The van der Waals surface area contributed by atoms with Gasteiger partial charge in [0.05, 0.1) is 0 Å². The summed E-state index contributed by atoms with van der Waals surface area (Å²) in [6.07, 6.45) is -1.56. The first-order chi connectivity index (χ1) is 11.4. The molecular formula is C18H12ClF3N2. The number of H-pyrrole nitrogens is 2. The molecule has 0 fully saturated rings. The van der Waals surface area contributed by atoms with Gasteiger partial charge in [0.1, 0.15) is 5.92 Å². The largest absolute Gasteiger partial charge is 0.399 e. The minimum absolute atomic E-state index is 0.193. The normalized spacial score (nSPS) is 13.7. The number of hydrogen-bond acceptors (Lipinski definition) is 0. The highest BCUT2D eigenvalue weighted by Crippen LogP contribution is 2.45. The van der Waals surface area contributed by atoms with Crippen molar-refractivity contribution in [1.29, 1.82) is 0 Å². The SMILES string of the molecule is FC(F)(F)C(c1c[nH]c2ccccc12)c1c[nH]c2cc(Cl)ccc12. The van der Waals surface area contributed by atoms with E-state index in [-0.39, 0.29) is 11.1 Å². The summed E-state index contributed by atoms with van der Waals surface area (Å²) in [5.74, 6) is -1.72. The second-order valence-electron chi connectivity index (χ2n) is 5.70. The smallest absolute Gasteiger partial charge is 0.361 e. The lowest BCUT2D eigenvalue weighted by molar-refractivity contribution is -0.140. The van der Waals surface area contributed by atoms with Crippen LogP contribution < -0.4 is 0 Å². The molecule has 6 heteroatoms. The summed E-state index contributed by atoms with van der Waals surface area (Å²) in [7, 11) is 0. The molecule has 0 radical (unpaired) electrons. The Morgan fingerprint density at radius 3 is 2.17 bits per heavy atom. The van der Waals surface area contributed by atoms with Crippen LogP contribution in [-0.2, 0) is 0 Å². The number of alkyl halides is 3. The molecule has 0 aliphatic heterocycles. The standard InChI is InChI=1S/C18H12ClF3N2/c19-10-5-6-12-14(9-24-16(12)7-10)17(18(20,21)22)13-8-23-15-4-2-1-3-11(13)15/h1-9,17,23-24H. The van der Waals surface area contributed by atoms with Gasteiger partial charge in [0.25, 0.3) is 0 Å². The molecule has 4 rings (SSSR count). The zero-order valence-corrected chi connectivity index (χ0v) is 13.0. The number of fused-ring (bicyclic) bond motifs is 2. The molecule has 2 aromatic carbocycles. The zero-order valence-electron chi connectivity index (χ0n) is 12.3. The molecule has 4 aromatic rings. The van der Waals surface area contributed by atoms with Gasteiger partial charge in [0.15, 0.2) is 0 Å². The Balaban J connectivity index is 1.98. The van der Waals surface area contributed by atoms with Gasteiger partial charge >= 0.3 is 6.18 Å². The maximum atomic E-state index is 13.9. The van der Waals surface area contributed by atoms with Gasteiger partial charge < -0.3 is 9.97 Å². The minimum atomic E-state index is -4.42. The summed E-state index contributed by atoms with van der Waals surface area (Å²) in [6, 6.07) is 11.8. The highest BCUT2D eigenvalue weighted by atomic mass is 35.5. The van der Waals surface area contributed by atoms with Crippen molar-refractivity contribution in [3.8, 4) is 0 Å². The molecule has 122 valence electrons. The van der Waals surface area contributed by atoms with E-state index in [1.165, 1.54) is 12.4 Å². The third-order valence-electron chi connectivity index (χ3n) is 4.25. The van der Waals surface area contributed by atoms with Crippen LogP contribution in [0.2, 0.25) is 5.02 Å². The molecule has 0 aliphatic rings. The van der Waals surface area contributed by atoms with Gasteiger partial charge in [-0.3, -0.25) is 0 Å². The van der Waals surface area contributed by atoms with E-state index in [4.69, 9.17) is 11.6 Å². The lowest BCUT2D eigenvalue weighted by atomic mass is 9.90. The van der Waals surface area contributed by atoms with Crippen LogP contribution >= 0.6 is 11.6 Å². The summed E-state index contributed by atoms with van der Waals surface area (Å²) in [5.41, 5.74) is 1.68. The molecule has 1 atom stereocenters. The summed E-state index contributed by atoms with van der Waals surface area (Å²) in [4.78, 5) is 5.83. The van der Waals surface area contributed by atoms with Crippen molar-refractivity contribution in [3.63, 3.8) is 0 Å².